The lowest BCUT2D eigenvalue weighted by Crippen LogP contribution is -2.40. The van der Waals surface area contributed by atoms with Crippen molar-refractivity contribution in [1.82, 2.24) is 5.32 Å². The molecule has 1 heterocycles. The van der Waals surface area contributed by atoms with Crippen molar-refractivity contribution in [3.63, 3.8) is 0 Å². The smallest absolute Gasteiger partial charge is 0.248 e. The Morgan fingerprint density at radius 2 is 2.37 bits per heavy atom. The predicted molar refractivity (Wildman–Crippen MR) is 72.1 cm³/mol. The van der Waals surface area contributed by atoms with E-state index in [1.54, 1.807) is 18.2 Å². The van der Waals surface area contributed by atoms with Crippen LogP contribution in [0.2, 0.25) is 5.02 Å². The SMILES string of the molecule is NC(=O)c1ccc(CNCC2(O)CCOC2)c(Cl)c1. The van der Waals surface area contributed by atoms with E-state index in [1.165, 1.54) is 0 Å². The lowest BCUT2D eigenvalue weighted by atomic mass is 10.0. The number of carbonyl (C=O) groups excluding carboxylic acids is 1. The summed E-state index contributed by atoms with van der Waals surface area (Å²) in [5.74, 6) is -0.501. The maximum atomic E-state index is 11.0. The van der Waals surface area contributed by atoms with Gasteiger partial charge in [0.2, 0.25) is 5.91 Å². The van der Waals surface area contributed by atoms with Crippen LogP contribution in [-0.2, 0) is 11.3 Å². The average Bonchev–Trinajstić information content (AvgIpc) is 2.78. The van der Waals surface area contributed by atoms with Gasteiger partial charge in [0.25, 0.3) is 0 Å². The number of nitrogens with one attached hydrogen (secondary N) is 1. The molecule has 0 spiro atoms. The first kappa shape index (κ1) is 14.3. The van der Waals surface area contributed by atoms with Crippen molar-refractivity contribution in [3.8, 4) is 0 Å². The van der Waals surface area contributed by atoms with E-state index >= 15 is 0 Å². The van der Waals surface area contributed by atoms with Gasteiger partial charge in [0.1, 0.15) is 5.60 Å². The van der Waals surface area contributed by atoms with E-state index in [-0.39, 0.29) is 0 Å². The number of amides is 1. The van der Waals surface area contributed by atoms with Crippen molar-refractivity contribution >= 4 is 17.5 Å². The zero-order chi connectivity index (χ0) is 13.9. The Kier molecular flexibility index (Phi) is 4.42. The van der Waals surface area contributed by atoms with Crippen LogP contribution in [0, 0.1) is 0 Å². The van der Waals surface area contributed by atoms with E-state index in [4.69, 9.17) is 22.1 Å². The van der Waals surface area contributed by atoms with Gasteiger partial charge in [0.15, 0.2) is 0 Å². The third-order valence-electron chi connectivity index (χ3n) is 3.19. The molecule has 1 amide bonds. The predicted octanol–water partition coefficient (Wildman–Crippen LogP) is 0.680. The molecule has 1 aliphatic rings. The molecule has 1 aliphatic heterocycles. The van der Waals surface area contributed by atoms with Crippen molar-refractivity contribution in [2.45, 2.75) is 18.6 Å². The first-order chi connectivity index (χ1) is 9.00. The molecule has 1 saturated heterocycles. The van der Waals surface area contributed by atoms with Gasteiger partial charge in [-0.25, -0.2) is 0 Å². The average molecular weight is 285 g/mol. The largest absolute Gasteiger partial charge is 0.386 e. The van der Waals surface area contributed by atoms with Crippen LogP contribution < -0.4 is 11.1 Å². The topological polar surface area (TPSA) is 84.6 Å². The summed E-state index contributed by atoms with van der Waals surface area (Å²) >= 11 is 6.07. The highest BCUT2D eigenvalue weighted by molar-refractivity contribution is 6.31. The fourth-order valence-corrected chi connectivity index (χ4v) is 2.26. The second-order valence-electron chi connectivity index (χ2n) is 4.80. The molecule has 1 atom stereocenters. The van der Waals surface area contributed by atoms with Crippen LogP contribution in [-0.4, -0.2) is 36.4 Å². The van der Waals surface area contributed by atoms with Gasteiger partial charge in [-0.2, -0.15) is 0 Å². The second-order valence-corrected chi connectivity index (χ2v) is 5.21. The summed E-state index contributed by atoms with van der Waals surface area (Å²) in [4.78, 5) is 11.0. The molecule has 1 aromatic carbocycles. The van der Waals surface area contributed by atoms with E-state index in [0.717, 1.165) is 5.56 Å². The van der Waals surface area contributed by atoms with Crippen LogP contribution >= 0.6 is 11.6 Å². The molecule has 19 heavy (non-hydrogen) atoms. The highest BCUT2D eigenvalue weighted by Gasteiger charge is 2.31. The number of primary amides is 1. The van der Waals surface area contributed by atoms with Crippen LogP contribution in [0.5, 0.6) is 0 Å². The fourth-order valence-electron chi connectivity index (χ4n) is 2.01. The van der Waals surface area contributed by atoms with Crippen LogP contribution in [0.3, 0.4) is 0 Å². The second kappa shape index (κ2) is 5.88. The van der Waals surface area contributed by atoms with Gasteiger partial charge in [-0.05, 0) is 17.7 Å². The molecular formula is C13H17ClN2O3. The Labute approximate surface area is 116 Å². The van der Waals surface area contributed by atoms with Crippen LogP contribution in [0.1, 0.15) is 22.3 Å². The van der Waals surface area contributed by atoms with Crippen molar-refractivity contribution < 1.29 is 14.6 Å². The maximum Gasteiger partial charge on any atom is 0.248 e. The quantitative estimate of drug-likeness (QED) is 0.742. The normalized spacial score (nSPS) is 22.6. The minimum atomic E-state index is -0.792. The number of hydrogen-bond donors (Lipinski definition) is 3. The number of rotatable bonds is 5. The molecule has 1 fully saturated rings. The Morgan fingerprint density at radius 1 is 1.58 bits per heavy atom. The molecule has 0 bridgehead atoms. The molecule has 104 valence electrons. The summed E-state index contributed by atoms with van der Waals surface area (Å²) < 4.78 is 5.16. The van der Waals surface area contributed by atoms with Crippen LogP contribution in [0.15, 0.2) is 18.2 Å². The fraction of sp³-hybridized carbons (Fsp3) is 0.462. The highest BCUT2D eigenvalue weighted by Crippen LogP contribution is 2.19. The number of nitrogens with two attached hydrogens (primary N) is 1. The van der Waals surface area contributed by atoms with E-state index in [9.17, 15) is 9.90 Å². The van der Waals surface area contributed by atoms with Crippen molar-refractivity contribution in [2.75, 3.05) is 19.8 Å². The summed E-state index contributed by atoms with van der Waals surface area (Å²) in [6.45, 7) is 1.90. The molecule has 2 rings (SSSR count). The zero-order valence-electron chi connectivity index (χ0n) is 10.5. The summed E-state index contributed by atoms with van der Waals surface area (Å²) in [5, 5.41) is 13.7. The van der Waals surface area contributed by atoms with Gasteiger partial charge < -0.3 is 20.9 Å². The van der Waals surface area contributed by atoms with Crippen molar-refractivity contribution in [3.05, 3.63) is 34.3 Å². The lowest BCUT2D eigenvalue weighted by Gasteiger charge is -2.20. The van der Waals surface area contributed by atoms with Gasteiger partial charge in [0, 0.05) is 36.7 Å². The first-order valence-electron chi connectivity index (χ1n) is 6.09. The third-order valence-corrected chi connectivity index (χ3v) is 3.54. The molecule has 4 N–H and O–H groups in total. The zero-order valence-corrected chi connectivity index (χ0v) is 11.2. The maximum absolute atomic E-state index is 11.0. The van der Waals surface area contributed by atoms with Gasteiger partial charge in [-0.3, -0.25) is 4.79 Å². The Bertz CT molecular complexity index is 473. The highest BCUT2D eigenvalue weighted by atomic mass is 35.5. The molecular weight excluding hydrogens is 268 g/mol. The number of hydrogen-bond acceptors (Lipinski definition) is 4. The standard InChI is InChI=1S/C13H17ClN2O3/c14-11-5-9(12(15)17)1-2-10(11)6-16-7-13(18)3-4-19-8-13/h1-2,5,16,18H,3-4,6-8H2,(H2,15,17). The van der Waals surface area contributed by atoms with Gasteiger partial charge in [-0.15, -0.1) is 0 Å². The van der Waals surface area contributed by atoms with Crippen LogP contribution in [0.25, 0.3) is 0 Å². The first-order valence-corrected chi connectivity index (χ1v) is 6.47. The molecule has 6 heteroatoms. The number of halogens is 1. The minimum absolute atomic E-state index is 0.356. The number of ether oxygens (including phenoxy) is 1. The van der Waals surface area contributed by atoms with E-state index in [0.29, 0.717) is 43.3 Å². The molecule has 1 aromatic rings. The monoisotopic (exact) mass is 284 g/mol. The Balaban J connectivity index is 1.91. The molecule has 1 unspecified atom stereocenters. The molecule has 0 aromatic heterocycles. The Hall–Kier alpha value is -1.14. The number of carbonyl (C=O) groups is 1. The van der Waals surface area contributed by atoms with Gasteiger partial charge in [-0.1, -0.05) is 17.7 Å². The molecule has 5 nitrogen and oxygen atoms in total. The molecule has 0 aliphatic carbocycles. The number of aliphatic hydroxyl groups is 1. The third kappa shape index (κ3) is 3.67. The minimum Gasteiger partial charge on any atom is -0.386 e. The lowest BCUT2D eigenvalue weighted by molar-refractivity contribution is 0.0268. The Morgan fingerprint density at radius 3 is 2.95 bits per heavy atom. The van der Waals surface area contributed by atoms with Crippen molar-refractivity contribution in [2.24, 2.45) is 5.73 Å². The van der Waals surface area contributed by atoms with Crippen molar-refractivity contribution in [1.29, 1.82) is 0 Å². The van der Waals surface area contributed by atoms with Gasteiger partial charge >= 0.3 is 0 Å². The molecule has 0 saturated carbocycles. The van der Waals surface area contributed by atoms with Crippen LogP contribution in [0.4, 0.5) is 0 Å². The van der Waals surface area contributed by atoms with E-state index < -0.39 is 11.5 Å². The summed E-state index contributed by atoms with van der Waals surface area (Å²) in [6, 6.07) is 4.94. The van der Waals surface area contributed by atoms with E-state index in [1.807, 2.05) is 0 Å². The number of benzene rings is 1. The van der Waals surface area contributed by atoms with E-state index in [2.05, 4.69) is 5.32 Å². The molecule has 0 radical (unpaired) electrons. The summed E-state index contributed by atoms with van der Waals surface area (Å²) in [6.07, 6.45) is 0.633. The van der Waals surface area contributed by atoms with Gasteiger partial charge in [0.05, 0.1) is 6.61 Å². The summed E-state index contributed by atoms with van der Waals surface area (Å²) in [5.41, 5.74) is 5.62. The summed E-state index contributed by atoms with van der Waals surface area (Å²) in [7, 11) is 0.